The van der Waals surface area contributed by atoms with Crippen LogP contribution in [-0.4, -0.2) is 15.1 Å². The minimum absolute atomic E-state index is 0. The minimum atomic E-state index is -0.404. The van der Waals surface area contributed by atoms with Crippen LogP contribution < -0.4 is 5.73 Å². The van der Waals surface area contributed by atoms with E-state index in [2.05, 4.69) is 31.1 Å². The zero-order chi connectivity index (χ0) is 14.4. The molecular formula is C13H12BrClN4OS2. The van der Waals surface area contributed by atoms with E-state index in [1.54, 1.807) is 22.7 Å². The standard InChI is InChI=1S/C13H11BrN4OS2.ClH/c14-9-3-2-8(21-9)11-16-7(6-20-11)10-17-12(18-19-10)13(15)4-1-5-13;/h2-3,6H,1,4-5,15H2;1H. The van der Waals surface area contributed by atoms with Gasteiger partial charge in [0, 0.05) is 5.38 Å². The molecule has 3 aromatic heterocycles. The largest absolute Gasteiger partial charge is 0.332 e. The van der Waals surface area contributed by atoms with Crippen molar-refractivity contribution in [1.82, 2.24) is 15.1 Å². The van der Waals surface area contributed by atoms with Crippen molar-refractivity contribution in [2.24, 2.45) is 5.73 Å². The molecule has 0 aliphatic heterocycles. The van der Waals surface area contributed by atoms with Crippen LogP contribution in [0.25, 0.3) is 21.5 Å². The van der Waals surface area contributed by atoms with Gasteiger partial charge in [0.05, 0.1) is 14.2 Å². The van der Waals surface area contributed by atoms with Crippen LogP contribution in [-0.2, 0) is 5.54 Å². The summed E-state index contributed by atoms with van der Waals surface area (Å²) in [6.07, 6.45) is 2.95. The van der Waals surface area contributed by atoms with Crippen molar-refractivity contribution in [3.63, 3.8) is 0 Å². The summed E-state index contributed by atoms with van der Waals surface area (Å²) in [5.74, 6) is 1.04. The van der Waals surface area contributed by atoms with Crippen LogP contribution in [0.1, 0.15) is 25.1 Å². The third kappa shape index (κ3) is 2.74. The maximum atomic E-state index is 6.21. The lowest BCUT2D eigenvalue weighted by molar-refractivity contribution is 0.229. The summed E-state index contributed by atoms with van der Waals surface area (Å²) in [5.41, 5.74) is 6.51. The second-order valence-corrected chi connectivity index (χ2v) is 8.40. The van der Waals surface area contributed by atoms with Gasteiger partial charge >= 0.3 is 0 Å². The molecular weight excluding hydrogens is 408 g/mol. The fourth-order valence-electron chi connectivity index (χ4n) is 2.23. The first-order chi connectivity index (χ1) is 10.1. The second kappa shape index (κ2) is 6.01. The highest BCUT2D eigenvalue weighted by Gasteiger charge is 2.39. The molecule has 116 valence electrons. The number of aromatic nitrogens is 3. The van der Waals surface area contributed by atoms with Crippen LogP contribution in [0.4, 0.5) is 0 Å². The molecule has 9 heteroatoms. The van der Waals surface area contributed by atoms with Crippen LogP contribution >= 0.6 is 51.0 Å². The molecule has 0 unspecified atom stereocenters. The van der Waals surface area contributed by atoms with Crippen LogP contribution in [0.3, 0.4) is 0 Å². The van der Waals surface area contributed by atoms with Gasteiger partial charge in [-0.25, -0.2) is 4.98 Å². The predicted molar refractivity (Wildman–Crippen MR) is 93.4 cm³/mol. The lowest BCUT2D eigenvalue weighted by atomic mass is 9.77. The number of rotatable bonds is 3. The smallest absolute Gasteiger partial charge is 0.277 e. The zero-order valence-corrected chi connectivity index (χ0v) is 15.3. The number of nitrogens with zero attached hydrogens (tertiary/aromatic N) is 3. The lowest BCUT2D eigenvalue weighted by Crippen LogP contribution is -2.44. The number of hydrogen-bond acceptors (Lipinski definition) is 7. The van der Waals surface area contributed by atoms with Gasteiger partial charge in [0.15, 0.2) is 5.82 Å². The molecule has 2 N–H and O–H groups in total. The van der Waals surface area contributed by atoms with Gasteiger partial charge in [-0.1, -0.05) is 5.16 Å². The summed E-state index contributed by atoms with van der Waals surface area (Å²) in [6.45, 7) is 0. The Morgan fingerprint density at radius 2 is 2.09 bits per heavy atom. The molecule has 1 fully saturated rings. The molecule has 0 aromatic carbocycles. The highest BCUT2D eigenvalue weighted by Crippen LogP contribution is 2.38. The number of nitrogens with two attached hydrogens (primary N) is 1. The molecule has 1 aliphatic carbocycles. The van der Waals surface area contributed by atoms with Crippen molar-refractivity contribution in [3.05, 3.63) is 27.1 Å². The minimum Gasteiger partial charge on any atom is -0.332 e. The van der Waals surface area contributed by atoms with E-state index in [0.717, 1.165) is 32.9 Å². The maximum Gasteiger partial charge on any atom is 0.277 e. The third-order valence-electron chi connectivity index (χ3n) is 3.62. The summed E-state index contributed by atoms with van der Waals surface area (Å²) < 4.78 is 6.41. The van der Waals surface area contributed by atoms with Gasteiger partial charge < -0.3 is 10.3 Å². The fraction of sp³-hybridized carbons (Fsp3) is 0.308. The average molecular weight is 420 g/mol. The Balaban J connectivity index is 0.00000144. The summed E-state index contributed by atoms with van der Waals surface area (Å²) in [5, 5.41) is 6.91. The van der Waals surface area contributed by atoms with Crippen molar-refractivity contribution in [1.29, 1.82) is 0 Å². The quantitative estimate of drug-likeness (QED) is 0.679. The first-order valence-electron chi connectivity index (χ1n) is 6.49. The van der Waals surface area contributed by atoms with Gasteiger partial charge in [-0.3, -0.25) is 0 Å². The fourth-order valence-corrected chi connectivity index (χ4v) is 4.48. The normalized spacial score (nSPS) is 16.1. The number of thiazole rings is 1. The van der Waals surface area contributed by atoms with Crippen molar-refractivity contribution < 1.29 is 4.52 Å². The molecule has 0 saturated heterocycles. The van der Waals surface area contributed by atoms with E-state index < -0.39 is 5.54 Å². The summed E-state index contributed by atoms with van der Waals surface area (Å²) in [4.78, 5) is 10.1. The third-order valence-corrected chi connectivity index (χ3v) is 6.26. The molecule has 0 radical (unpaired) electrons. The van der Waals surface area contributed by atoms with Crippen LogP contribution in [0.5, 0.6) is 0 Å². The predicted octanol–water partition coefficient (Wildman–Crippen LogP) is 4.44. The Hall–Kier alpha value is -0.800. The zero-order valence-electron chi connectivity index (χ0n) is 11.3. The SMILES string of the molecule is Cl.NC1(c2noc(-c3csc(-c4ccc(Br)s4)n3)n2)CCC1. The highest BCUT2D eigenvalue weighted by molar-refractivity contribution is 9.11. The van der Waals surface area contributed by atoms with E-state index in [1.165, 1.54) is 0 Å². The molecule has 22 heavy (non-hydrogen) atoms. The summed E-state index contributed by atoms with van der Waals surface area (Å²) in [6, 6.07) is 4.06. The molecule has 0 atom stereocenters. The van der Waals surface area contributed by atoms with E-state index >= 15 is 0 Å². The van der Waals surface area contributed by atoms with E-state index in [0.29, 0.717) is 17.4 Å². The van der Waals surface area contributed by atoms with Crippen LogP contribution in [0.2, 0.25) is 0 Å². The van der Waals surface area contributed by atoms with Crippen LogP contribution in [0.15, 0.2) is 25.8 Å². The molecule has 1 aliphatic rings. The molecule has 0 bridgehead atoms. The first-order valence-corrected chi connectivity index (χ1v) is 8.98. The van der Waals surface area contributed by atoms with Crippen molar-refractivity contribution in [3.8, 4) is 21.5 Å². The van der Waals surface area contributed by atoms with Gasteiger partial charge in [0.25, 0.3) is 5.89 Å². The van der Waals surface area contributed by atoms with Gasteiger partial charge in [0.1, 0.15) is 10.7 Å². The molecule has 0 amide bonds. The molecule has 4 rings (SSSR count). The molecule has 1 saturated carbocycles. The Morgan fingerprint density at radius 1 is 1.27 bits per heavy atom. The molecule has 3 heterocycles. The van der Waals surface area contributed by atoms with E-state index in [-0.39, 0.29) is 12.4 Å². The Bertz CT molecular complexity index is 795. The average Bonchev–Trinajstić information content (AvgIpc) is 3.14. The van der Waals surface area contributed by atoms with Crippen molar-refractivity contribution in [2.75, 3.05) is 0 Å². The van der Waals surface area contributed by atoms with Gasteiger partial charge in [0.2, 0.25) is 0 Å². The van der Waals surface area contributed by atoms with Gasteiger partial charge in [-0.15, -0.1) is 35.1 Å². The van der Waals surface area contributed by atoms with E-state index in [1.807, 2.05) is 17.5 Å². The molecule has 0 spiro atoms. The monoisotopic (exact) mass is 418 g/mol. The van der Waals surface area contributed by atoms with Crippen molar-refractivity contribution in [2.45, 2.75) is 24.8 Å². The van der Waals surface area contributed by atoms with E-state index in [4.69, 9.17) is 10.3 Å². The first kappa shape index (κ1) is 16.1. The Labute approximate surface area is 149 Å². The molecule has 5 nitrogen and oxygen atoms in total. The van der Waals surface area contributed by atoms with Crippen LogP contribution in [0, 0.1) is 0 Å². The lowest BCUT2D eigenvalue weighted by Gasteiger charge is -2.34. The number of halogens is 2. The van der Waals surface area contributed by atoms with Crippen molar-refractivity contribution >= 4 is 51.0 Å². The highest BCUT2D eigenvalue weighted by atomic mass is 79.9. The van der Waals surface area contributed by atoms with Gasteiger partial charge in [-0.2, -0.15) is 4.98 Å². The Kier molecular flexibility index (Phi) is 4.39. The topological polar surface area (TPSA) is 77.8 Å². The Morgan fingerprint density at radius 3 is 2.73 bits per heavy atom. The van der Waals surface area contributed by atoms with Gasteiger partial charge in [-0.05, 0) is 47.3 Å². The number of thiophene rings is 1. The summed E-state index contributed by atoms with van der Waals surface area (Å²) in [7, 11) is 0. The maximum absolute atomic E-state index is 6.21. The summed E-state index contributed by atoms with van der Waals surface area (Å²) >= 11 is 6.68. The number of hydrogen-bond donors (Lipinski definition) is 1. The van der Waals surface area contributed by atoms with E-state index in [9.17, 15) is 0 Å². The second-order valence-electron chi connectivity index (χ2n) is 5.07. The molecule has 3 aromatic rings.